The van der Waals surface area contributed by atoms with Gasteiger partial charge < -0.3 is 4.57 Å². The predicted molar refractivity (Wildman–Crippen MR) is 90.3 cm³/mol. The number of aromatic nitrogens is 3. The predicted octanol–water partition coefficient (Wildman–Crippen LogP) is 3.74. The van der Waals surface area contributed by atoms with Crippen LogP contribution in [0, 0.1) is 10.1 Å². The van der Waals surface area contributed by atoms with Crippen LogP contribution in [0.5, 0.6) is 0 Å². The first-order valence-corrected chi connectivity index (χ1v) is 7.96. The van der Waals surface area contributed by atoms with Gasteiger partial charge in [-0.25, -0.2) is 4.68 Å². The molecule has 0 spiro atoms. The van der Waals surface area contributed by atoms with E-state index in [2.05, 4.69) is 5.10 Å². The van der Waals surface area contributed by atoms with Gasteiger partial charge in [-0.05, 0) is 18.9 Å². The van der Waals surface area contributed by atoms with Crippen LogP contribution in [-0.4, -0.2) is 19.3 Å². The number of hydrogen-bond acceptors (Lipinski definition) is 4. The summed E-state index contributed by atoms with van der Waals surface area (Å²) in [5.41, 5.74) is 1.43. The van der Waals surface area contributed by atoms with E-state index < -0.39 is 4.92 Å². The quantitative estimate of drug-likeness (QED) is 0.523. The van der Waals surface area contributed by atoms with Crippen LogP contribution in [-0.2, 0) is 0 Å². The molecule has 1 saturated carbocycles. The molecule has 2 aromatic heterocycles. The van der Waals surface area contributed by atoms with E-state index in [1.807, 2.05) is 0 Å². The third-order valence-electron chi connectivity index (χ3n) is 4.00. The Kier molecular flexibility index (Phi) is 3.36. The fraction of sp³-hybridized carbons (Fsp3) is 0.200. The van der Waals surface area contributed by atoms with E-state index in [0.29, 0.717) is 16.7 Å². The molecule has 7 nitrogen and oxygen atoms in total. The molecule has 4 rings (SSSR count). The lowest BCUT2D eigenvalue weighted by Crippen LogP contribution is -2.17. The topological polar surface area (TPSA) is 83.0 Å². The molecular formula is C15H10Cl2N4O3. The molecule has 122 valence electrons. The van der Waals surface area contributed by atoms with Crippen molar-refractivity contribution in [2.75, 3.05) is 0 Å². The Balaban J connectivity index is 1.97. The maximum Gasteiger partial charge on any atom is 0.272 e. The van der Waals surface area contributed by atoms with Crippen LogP contribution in [0.15, 0.2) is 35.3 Å². The van der Waals surface area contributed by atoms with Crippen molar-refractivity contribution < 1.29 is 4.92 Å². The molecule has 24 heavy (non-hydrogen) atoms. The number of hydrogen-bond donors (Lipinski definition) is 0. The summed E-state index contributed by atoms with van der Waals surface area (Å²) in [4.78, 5) is 22.5. The average Bonchev–Trinajstić information content (AvgIpc) is 3.27. The van der Waals surface area contributed by atoms with Crippen LogP contribution in [0.3, 0.4) is 0 Å². The molecule has 0 saturated heterocycles. The summed E-state index contributed by atoms with van der Waals surface area (Å²) in [5, 5.41) is 15.4. The number of nitro groups is 1. The van der Waals surface area contributed by atoms with Gasteiger partial charge >= 0.3 is 0 Å². The average molecular weight is 365 g/mol. The van der Waals surface area contributed by atoms with Crippen molar-refractivity contribution >= 4 is 39.9 Å². The van der Waals surface area contributed by atoms with Crippen LogP contribution >= 0.6 is 23.2 Å². The number of rotatable bonds is 3. The molecule has 0 amide bonds. The van der Waals surface area contributed by atoms with Gasteiger partial charge in [0.15, 0.2) is 0 Å². The van der Waals surface area contributed by atoms with Crippen molar-refractivity contribution in [2.45, 2.75) is 18.9 Å². The van der Waals surface area contributed by atoms with Gasteiger partial charge in [0.25, 0.3) is 11.2 Å². The van der Waals surface area contributed by atoms with E-state index in [0.717, 1.165) is 12.8 Å². The molecule has 0 radical (unpaired) electrons. The lowest BCUT2D eigenvalue weighted by molar-refractivity contribution is -0.384. The fourth-order valence-electron chi connectivity index (χ4n) is 2.79. The number of pyridine rings is 1. The van der Waals surface area contributed by atoms with Crippen molar-refractivity contribution in [1.29, 1.82) is 0 Å². The van der Waals surface area contributed by atoms with Crippen molar-refractivity contribution in [3.63, 3.8) is 0 Å². The minimum absolute atomic E-state index is 0.0783. The van der Waals surface area contributed by atoms with Gasteiger partial charge in [0.2, 0.25) is 0 Å². The molecule has 2 heterocycles. The van der Waals surface area contributed by atoms with Gasteiger partial charge in [0.1, 0.15) is 5.69 Å². The fourth-order valence-corrected chi connectivity index (χ4v) is 3.42. The van der Waals surface area contributed by atoms with E-state index >= 15 is 0 Å². The second-order valence-electron chi connectivity index (χ2n) is 5.61. The first-order valence-electron chi connectivity index (χ1n) is 7.20. The van der Waals surface area contributed by atoms with Crippen LogP contribution in [0.4, 0.5) is 5.69 Å². The highest BCUT2D eigenvalue weighted by molar-refractivity contribution is 6.38. The SMILES string of the molecule is O=c1ccc2c(cnn2-c2c(Cl)cc([N+](=O)[O-])cc2Cl)n1C1CC1. The highest BCUT2D eigenvalue weighted by Gasteiger charge is 2.27. The Hall–Kier alpha value is -2.38. The summed E-state index contributed by atoms with van der Waals surface area (Å²) in [5.74, 6) is 0. The van der Waals surface area contributed by atoms with Gasteiger partial charge in [-0.3, -0.25) is 14.9 Å². The molecule has 0 bridgehead atoms. The highest BCUT2D eigenvalue weighted by atomic mass is 35.5. The lowest BCUT2D eigenvalue weighted by atomic mass is 10.2. The number of halogens is 2. The second kappa shape index (κ2) is 5.32. The molecule has 0 unspecified atom stereocenters. The van der Waals surface area contributed by atoms with Gasteiger partial charge in [0, 0.05) is 24.2 Å². The zero-order valence-electron chi connectivity index (χ0n) is 12.1. The third kappa shape index (κ3) is 2.28. The Morgan fingerprint density at radius 3 is 2.42 bits per heavy atom. The van der Waals surface area contributed by atoms with E-state index in [1.54, 1.807) is 16.8 Å². The number of non-ortho nitro benzene ring substituents is 1. The van der Waals surface area contributed by atoms with Crippen molar-refractivity contribution in [1.82, 2.24) is 14.3 Å². The molecule has 1 aliphatic rings. The maximum atomic E-state index is 12.1. The molecule has 1 fully saturated rings. The Morgan fingerprint density at radius 1 is 1.17 bits per heavy atom. The van der Waals surface area contributed by atoms with Crippen LogP contribution in [0.25, 0.3) is 16.7 Å². The van der Waals surface area contributed by atoms with Crippen molar-refractivity contribution in [3.05, 3.63) is 61.0 Å². The summed E-state index contributed by atoms with van der Waals surface area (Å²) in [7, 11) is 0. The third-order valence-corrected chi connectivity index (χ3v) is 4.58. The summed E-state index contributed by atoms with van der Waals surface area (Å²) in [6.45, 7) is 0. The first-order chi connectivity index (χ1) is 11.5. The molecule has 9 heteroatoms. The van der Waals surface area contributed by atoms with Gasteiger partial charge in [0.05, 0.1) is 32.2 Å². The van der Waals surface area contributed by atoms with E-state index in [1.165, 1.54) is 22.9 Å². The van der Waals surface area contributed by atoms with Crippen LogP contribution in [0.2, 0.25) is 10.0 Å². The number of fused-ring (bicyclic) bond motifs is 1. The van der Waals surface area contributed by atoms with E-state index in [9.17, 15) is 14.9 Å². The van der Waals surface area contributed by atoms with Crippen LogP contribution in [0.1, 0.15) is 18.9 Å². The van der Waals surface area contributed by atoms with Crippen molar-refractivity contribution in [2.24, 2.45) is 0 Å². The molecule has 3 aromatic rings. The Labute approximate surface area is 145 Å². The summed E-state index contributed by atoms with van der Waals surface area (Å²) in [6.07, 6.45) is 3.51. The minimum Gasteiger partial charge on any atom is -0.302 e. The zero-order chi connectivity index (χ0) is 17.0. The van der Waals surface area contributed by atoms with Gasteiger partial charge in [-0.1, -0.05) is 23.2 Å². The molecule has 1 aromatic carbocycles. The second-order valence-corrected chi connectivity index (χ2v) is 6.43. The highest BCUT2D eigenvalue weighted by Crippen LogP contribution is 2.37. The summed E-state index contributed by atoms with van der Waals surface area (Å²) in [6, 6.07) is 5.78. The monoisotopic (exact) mass is 364 g/mol. The van der Waals surface area contributed by atoms with Crippen LogP contribution < -0.4 is 5.56 Å². The molecule has 1 aliphatic carbocycles. The summed E-state index contributed by atoms with van der Waals surface area (Å²) < 4.78 is 3.22. The number of nitro benzene ring substituents is 1. The largest absolute Gasteiger partial charge is 0.302 e. The zero-order valence-corrected chi connectivity index (χ0v) is 13.7. The molecule has 0 atom stereocenters. The van der Waals surface area contributed by atoms with Gasteiger partial charge in [-0.15, -0.1) is 0 Å². The van der Waals surface area contributed by atoms with E-state index in [4.69, 9.17) is 23.2 Å². The smallest absolute Gasteiger partial charge is 0.272 e. The van der Waals surface area contributed by atoms with Crippen molar-refractivity contribution in [3.8, 4) is 5.69 Å². The Bertz CT molecular complexity index is 1030. The van der Waals surface area contributed by atoms with Gasteiger partial charge in [-0.2, -0.15) is 5.10 Å². The molecular weight excluding hydrogens is 355 g/mol. The van der Waals surface area contributed by atoms with E-state index in [-0.39, 0.29) is 27.3 Å². The summed E-state index contributed by atoms with van der Waals surface area (Å²) >= 11 is 12.4. The Morgan fingerprint density at radius 2 is 1.83 bits per heavy atom. The number of benzene rings is 1. The first kappa shape index (κ1) is 15.2. The number of nitrogens with zero attached hydrogens (tertiary/aromatic N) is 4. The minimum atomic E-state index is -0.562. The lowest BCUT2D eigenvalue weighted by Gasteiger charge is -2.10. The maximum absolute atomic E-state index is 12.1. The normalized spacial score (nSPS) is 14.2. The standard InChI is InChI=1S/C15H10Cl2N4O3/c16-10-5-9(21(23)24)6-11(17)15(10)20-12-3-4-14(22)19(8-1-2-8)13(12)7-18-20/h3-8H,1-2H2. The molecule has 0 aliphatic heterocycles. The molecule has 0 N–H and O–H groups in total.